The number of rotatable bonds is 11. The van der Waals surface area contributed by atoms with E-state index in [1.165, 1.54) is 0 Å². The van der Waals surface area contributed by atoms with Gasteiger partial charge in [0.15, 0.2) is 10.8 Å². The maximum Gasteiger partial charge on any atom is 0.226 e. The minimum atomic E-state index is -0.602. The van der Waals surface area contributed by atoms with Crippen molar-refractivity contribution in [2.24, 2.45) is 5.41 Å². The summed E-state index contributed by atoms with van der Waals surface area (Å²) in [6.07, 6.45) is 1.75. The topological polar surface area (TPSA) is 94.0 Å². The Balaban J connectivity index is 2.19. The van der Waals surface area contributed by atoms with Gasteiger partial charge in [-0.05, 0) is 13.8 Å². The second-order valence-electron chi connectivity index (χ2n) is 7.32. The summed E-state index contributed by atoms with van der Waals surface area (Å²) in [7, 11) is 1.66. The molecule has 156 valence electrons. The predicted molar refractivity (Wildman–Crippen MR) is 114 cm³/mol. The van der Waals surface area contributed by atoms with Gasteiger partial charge in [0.25, 0.3) is 0 Å². The number of thioether (sulfide) groups is 1. The number of carbonyl (C=O) groups excluding carboxylic acids is 1. The summed E-state index contributed by atoms with van der Waals surface area (Å²) in [5.41, 5.74) is 0.138. The molecule has 2 aromatic heterocycles. The quantitative estimate of drug-likeness (QED) is 0.246. The summed E-state index contributed by atoms with van der Waals surface area (Å²) < 4.78 is 6.89. The summed E-state index contributed by atoms with van der Waals surface area (Å²) in [6.45, 7) is 10.0. The van der Waals surface area contributed by atoms with Gasteiger partial charge in [0.2, 0.25) is 5.91 Å². The molecule has 10 heteroatoms. The molecule has 0 aliphatic rings. The van der Waals surface area contributed by atoms with Gasteiger partial charge in [-0.25, -0.2) is 14.6 Å². The smallest absolute Gasteiger partial charge is 0.226 e. The van der Waals surface area contributed by atoms with Crippen molar-refractivity contribution in [1.82, 2.24) is 25.1 Å². The number of nitrogens with zero attached hydrogens (tertiary/aromatic N) is 4. The van der Waals surface area contributed by atoms with Crippen molar-refractivity contribution >= 4 is 46.1 Å². The number of aromatic nitrogens is 4. The highest BCUT2D eigenvalue weighted by atomic mass is 35.5. The lowest BCUT2D eigenvalue weighted by Crippen LogP contribution is -2.39. The van der Waals surface area contributed by atoms with Crippen LogP contribution in [0.15, 0.2) is 11.4 Å². The molecule has 1 amide bonds. The summed E-state index contributed by atoms with van der Waals surface area (Å²) in [6, 6.07) is 0. The molecule has 2 rings (SSSR count). The minimum absolute atomic E-state index is 0.0773. The molecule has 0 radical (unpaired) electrons. The van der Waals surface area contributed by atoms with Crippen LogP contribution in [-0.2, 0) is 16.1 Å². The number of fused-ring (bicyclic) bond motifs is 1. The van der Waals surface area contributed by atoms with Gasteiger partial charge in [-0.15, -0.1) is 11.6 Å². The first kappa shape index (κ1) is 22.7. The first-order chi connectivity index (χ1) is 13.3. The summed E-state index contributed by atoms with van der Waals surface area (Å²) in [5.74, 6) is 0.929. The third-order valence-corrected chi connectivity index (χ3v) is 5.51. The van der Waals surface area contributed by atoms with Crippen LogP contribution in [0.1, 0.15) is 27.7 Å². The van der Waals surface area contributed by atoms with Crippen molar-refractivity contribution < 1.29 is 9.53 Å². The predicted octanol–water partition coefficient (Wildman–Crippen LogP) is 2.77. The van der Waals surface area contributed by atoms with Gasteiger partial charge in [0.05, 0.1) is 30.1 Å². The fraction of sp³-hybridized carbons (Fsp3) is 0.667. The van der Waals surface area contributed by atoms with Gasteiger partial charge in [-0.3, -0.25) is 4.79 Å². The molecular weight excluding hydrogens is 400 g/mol. The van der Waals surface area contributed by atoms with Crippen LogP contribution in [0.5, 0.6) is 0 Å². The van der Waals surface area contributed by atoms with Crippen LogP contribution >= 0.6 is 23.4 Å². The van der Waals surface area contributed by atoms with E-state index in [1.54, 1.807) is 29.8 Å². The van der Waals surface area contributed by atoms with Crippen LogP contribution in [0.3, 0.4) is 0 Å². The van der Waals surface area contributed by atoms with E-state index in [2.05, 4.69) is 39.5 Å². The van der Waals surface area contributed by atoms with Crippen molar-refractivity contribution in [3.05, 3.63) is 6.20 Å². The molecule has 0 saturated heterocycles. The zero-order valence-corrected chi connectivity index (χ0v) is 18.7. The van der Waals surface area contributed by atoms with Crippen LogP contribution in [0.25, 0.3) is 11.0 Å². The highest BCUT2D eigenvalue weighted by Gasteiger charge is 2.26. The van der Waals surface area contributed by atoms with Crippen molar-refractivity contribution in [2.45, 2.75) is 44.6 Å². The molecule has 28 heavy (non-hydrogen) atoms. The number of hydrogen-bond acceptors (Lipinski definition) is 7. The fourth-order valence-electron chi connectivity index (χ4n) is 2.34. The van der Waals surface area contributed by atoms with Crippen molar-refractivity contribution in [3.8, 4) is 0 Å². The van der Waals surface area contributed by atoms with E-state index < -0.39 is 5.41 Å². The molecule has 0 atom stereocenters. The van der Waals surface area contributed by atoms with E-state index >= 15 is 0 Å². The third-order valence-electron chi connectivity index (χ3n) is 3.97. The molecule has 2 heterocycles. The summed E-state index contributed by atoms with van der Waals surface area (Å²) in [4.78, 5) is 21.5. The monoisotopic (exact) mass is 428 g/mol. The lowest BCUT2D eigenvalue weighted by atomic mass is 9.95. The number of alkyl halides is 1. The van der Waals surface area contributed by atoms with Crippen LogP contribution in [-0.4, -0.2) is 63.6 Å². The SMILES string of the molecule is COCCNc1nc(SC(C)C)nc2c1cnn2CCNC(=O)C(C)(C)CCl. The van der Waals surface area contributed by atoms with Crippen LogP contribution < -0.4 is 10.6 Å². The van der Waals surface area contributed by atoms with Gasteiger partial charge >= 0.3 is 0 Å². The van der Waals surface area contributed by atoms with Gasteiger partial charge in [0, 0.05) is 31.3 Å². The van der Waals surface area contributed by atoms with E-state index in [-0.39, 0.29) is 11.8 Å². The first-order valence-corrected chi connectivity index (χ1v) is 10.7. The number of carbonyl (C=O) groups is 1. The molecule has 0 aliphatic carbocycles. The number of ether oxygens (including phenoxy) is 1. The van der Waals surface area contributed by atoms with Crippen molar-refractivity contribution in [2.75, 3.05) is 38.0 Å². The van der Waals surface area contributed by atoms with Gasteiger partial charge in [-0.1, -0.05) is 25.6 Å². The van der Waals surface area contributed by atoms with E-state index in [0.29, 0.717) is 36.6 Å². The molecular formula is C18H29ClN6O2S. The number of halogens is 1. The standard InChI is InChI=1S/C18H29ClN6O2S/c1-12(2)28-17-23-14(20-7-9-27-5)13-10-22-25(15(13)24-17)8-6-21-16(26)18(3,4)11-19/h10,12H,6-9,11H2,1-5H3,(H,21,26)(H,20,23,24). The van der Waals surface area contributed by atoms with Gasteiger partial charge in [-0.2, -0.15) is 5.10 Å². The largest absolute Gasteiger partial charge is 0.383 e. The van der Waals surface area contributed by atoms with Crippen LogP contribution in [0, 0.1) is 5.41 Å². The number of amides is 1. The molecule has 0 fully saturated rings. The number of hydrogen-bond donors (Lipinski definition) is 2. The van der Waals surface area contributed by atoms with Crippen molar-refractivity contribution in [3.63, 3.8) is 0 Å². The Kier molecular flexibility index (Phi) is 8.33. The lowest BCUT2D eigenvalue weighted by Gasteiger charge is -2.20. The highest BCUT2D eigenvalue weighted by molar-refractivity contribution is 7.99. The number of anilines is 1. The molecule has 2 aromatic rings. The Bertz CT molecular complexity index is 796. The van der Waals surface area contributed by atoms with E-state index in [4.69, 9.17) is 16.3 Å². The van der Waals surface area contributed by atoms with E-state index in [1.807, 2.05) is 13.8 Å². The maximum atomic E-state index is 12.2. The number of methoxy groups -OCH3 is 1. The second-order valence-corrected chi connectivity index (χ2v) is 9.13. The lowest BCUT2D eigenvalue weighted by molar-refractivity contribution is -0.128. The first-order valence-electron chi connectivity index (χ1n) is 9.25. The molecule has 0 spiro atoms. The Morgan fingerprint density at radius 2 is 2.11 bits per heavy atom. The van der Waals surface area contributed by atoms with Crippen molar-refractivity contribution in [1.29, 1.82) is 0 Å². The van der Waals surface area contributed by atoms with Gasteiger partial charge in [0.1, 0.15) is 5.82 Å². The second kappa shape index (κ2) is 10.3. The Hall–Kier alpha value is -1.58. The van der Waals surface area contributed by atoms with E-state index in [0.717, 1.165) is 16.9 Å². The molecule has 0 saturated carbocycles. The average Bonchev–Trinajstić information content (AvgIpc) is 3.04. The zero-order chi connectivity index (χ0) is 20.7. The van der Waals surface area contributed by atoms with E-state index in [9.17, 15) is 4.79 Å². The molecule has 0 unspecified atom stereocenters. The molecule has 0 aliphatic heterocycles. The highest BCUT2D eigenvalue weighted by Crippen LogP contribution is 2.26. The Morgan fingerprint density at radius 3 is 2.75 bits per heavy atom. The molecule has 8 nitrogen and oxygen atoms in total. The molecule has 0 aromatic carbocycles. The summed E-state index contributed by atoms with van der Waals surface area (Å²) in [5, 5.41) is 12.5. The maximum absolute atomic E-state index is 12.2. The third kappa shape index (κ3) is 5.96. The van der Waals surface area contributed by atoms with Gasteiger partial charge < -0.3 is 15.4 Å². The fourth-order valence-corrected chi connectivity index (χ4v) is 3.17. The normalized spacial score (nSPS) is 12.0. The van der Waals surface area contributed by atoms with Crippen LogP contribution in [0.4, 0.5) is 5.82 Å². The Morgan fingerprint density at radius 1 is 1.36 bits per heavy atom. The Labute approximate surface area is 175 Å². The minimum Gasteiger partial charge on any atom is -0.383 e. The summed E-state index contributed by atoms with van der Waals surface area (Å²) >= 11 is 7.45. The average molecular weight is 429 g/mol. The molecule has 0 bridgehead atoms. The zero-order valence-electron chi connectivity index (χ0n) is 17.1. The van der Waals surface area contributed by atoms with Crippen LogP contribution in [0.2, 0.25) is 0 Å². The number of nitrogens with one attached hydrogen (secondary N) is 2. The molecule has 2 N–H and O–H groups in total.